The van der Waals surface area contributed by atoms with Gasteiger partial charge in [-0.3, -0.25) is 8.78 Å². The topological polar surface area (TPSA) is 25.8 Å². The minimum Gasteiger partial charge on any atom is -0.255 e. The van der Waals surface area contributed by atoms with Crippen molar-refractivity contribution >= 4 is 0 Å². The van der Waals surface area contributed by atoms with Crippen LogP contribution < -0.4 is 0 Å². The van der Waals surface area contributed by atoms with Crippen LogP contribution in [0.15, 0.2) is 182 Å². The van der Waals surface area contributed by atoms with Crippen LogP contribution in [0.1, 0.15) is 29.2 Å². The molecule has 0 aliphatic rings. The predicted molar refractivity (Wildman–Crippen MR) is 237 cm³/mol. The van der Waals surface area contributed by atoms with Gasteiger partial charge in [0.05, 0.1) is 14.4 Å². The summed E-state index contributed by atoms with van der Waals surface area (Å²) in [6.07, 6.45) is 4.76. The Morgan fingerprint density at radius 3 is 0.803 bits per heavy atom. The molecule has 7 aromatic carbocycles. The fraction of sp³-hybridized carbons (Fsp3) is 0.132. The number of aryl methyl sites for hydroxylation is 4. The molecule has 0 aliphatic heterocycles. The Morgan fingerprint density at radius 2 is 0.557 bits per heavy atom. The quantitative estimate of drug-likeness (QED) is 0.155. The van der Waals surface area contributed by atoms with Gasteiger partial charge < -0.3 is 0 Å². The summed E-state index contributed by atoms with van der Waals surface area (Å²) in [4.78, 5) is 8.68. The second kappa shape index (κ2) is 33.4. The summed E-state index contributed by atoms with van der Waals surface area (Å²) in [5.41, 5.74) is 16.1. The number of alkyl halides is 2. The number of aromatic nitrogens is 2. The van der Waals surface area contributed by atoms with E-state index in [0.717, 1.165) is 17.8 Å². The molecule has 1 aromatic heterocycles. The van der Waals surface area contributed by atoms with Crippen LogP contribution >= 0.6 is 0 Å². The van der Waals surface area contributed by atoms with E-state index < -0.39 is 0 Å². The van der Waals surface area contributed by atoms with E-state index >= 15 is 0 Å². The number of hydrogen-bond donors (Lipinski definition) is 0. The minimum absolute atomic E-state index is 0. The fourth-order valence-electron chi connectivity index (χ4n) is 5.75. The molecule has 0 bridgehead atoms. The van der Waals surface area contributed by atoms with Gasteiger partial charge in [0.2, 0.25) is 0 Å². The first-order valence-electron chi connectivity index (χ1n) is 18.9. The van der Waals surface area contributed by atoms with Crippen molar-refractivity contribution in [1.82, 2.24) is 9.97 Å². The fourth-order valence-corrected chi connectivity index (χ4v) is 5.75. The number of nitrogens with zero attached hydrogens (tertiary/aromatic N) is 2. The molecule has 8 heteroatoms. The number of rotatable bonds is 6. The molecule has 8 rings (SSSR count). The summed E-state index contributed by atoms with van der Waals surface area (Å²) >= 11 is 0. The molecule has 0 aliphatic carbocycles. The second-order valence-electron chi connectivity index (χ2n) is 13.1. The maximum absolute atomic E-state index is 9.50. The first-order valence-corrected chi connectivity index (χ1v) is 18.9. The third-order valence-corrected chi connectivity index (χ3v) is 9.07. The van der Waals surface area contributed by atoms with E-state index in [2.05, 4.69) is 195 Å². The SMILES string of the molecule is CCc1cnc(-c2ccc(C)cc2)nc1.CF.CF.Cc1ccc(-c2ccc(-c3cc[c-]cc3)cc2)cc1.Cc1ccc(-c2ccc(-c3cc[c-]cc3)cc2)cc1.[Y].[Y].[Y].[Y]. The van der Waals surface area contributed by atoms with Crippen LogP contribution in [0.5, 0.6) is 0 Å². The molecule has 300 valence electrons. The van der Waals surface area contributed by atoms with Crippen LogP contribution in [0.25, 0.3) is 55.9 Å². The molecule has 0 amide bonds. The Morgan fingerprint density at radius 1 is 0.344 bits per heavy atom. The van der Waals surface area contributed by atoms with Crippen LogP contribution in [-0.4, -0.2) is 24.3 Å². The van der Waals surface area contributed by atoms with Crippen molar-refractivity contribution in [2.24, 2.45) is 0 Å². The van der Waals surface area contributed by atoms with E-state index in [-0.39, 0.29) is 131 Å². The zero-order valence-electron chi connectivity index (χ0n) is 36.0. The molecular formula is C53H50F2N2Y4-2. The second-order valence-corrected chi connectivity index (χ2v) is 13.1. The summed E-state index contributed by atoms with van der Waals surface area (Å²) < 4.78 is 19.0. The van der Waals surface area contributed by atoms with Gasteiger partial charge >= 0.3 is 0 Å². The third-order valence-electron chi connectivity index (χ3n) is 9.07. The zero-order valence-corrected chi connectivity index (χ0v) is 47.3. The van der Waals surface area contributed by atoms with Crippen molar-refractivity contribution in [1.29, 1.82) is 0 Å². The van der Waals surface area contributed by atoms with Gasteiger partial charge in [-0.1, -0.05) is 145 Å². The van der Waals surface area contributed by atoms with E-state index in [0.29, 0.717) is 14.4 Å². The molecule has 0 saturated carbocycles. The zero-order chi connectivity index (χ0) is 40.8. The van der Waals surface area contributed by atoms with E-state index in [9.17, 15) is 8.78 Å². The molecule has 0 N–H and O–H groups in total. The maximum Gasteiger partial charge on any atom is 0.159 e. The molecule has 61 heavy (non-hydrogen) atoms. The standard InChI is InChI=1S/2C19H15.C13H14N2.2CH3F.4Y/c2*1-15-7-9-17(10-8-15)19-13-11-18(12-14-19)16-5-3-2-4-6-16;1-3-11-8-14-13(15-9-11)12-6-4-10(2)5-7-12;2*1-2;;;;/h2*3-14H,1H3;4-9H,3H2,1-2H3;2*1H3;;;;/q2*-1;;;;;;;. The molecule has 0 fully saturated rings. The molecule has 0 atom stereocenters. The van der Waals surface area contributed by atoms with Gasteiger partial charge in [-0.25, -0.2) is 9.97 Å². The molecule has 0 unspecified atom stereocenters. The normalized spacial score (nSPS) is 9.18. The Balaban J connectivity index is 0.000000829. The summed E-state index contributed by atoms with van der Waals surface area (Å²) in [6.45, 7) is 8.40. The number of benzene rings is 7. The van der Waals surface area contributed by atoms with Crippen LogP contribution in [-0.2, 0) is 137 Å². The molecule has 1 heterocycles. The number of hydrogen-bond acceptors (Lipinski definition) is 2. The Bertz CT molecular complexity index is 2170. The van der Waals surface area contributed by atoms with Gasteiger partial charge in [-0.05, 0) is 66.1 Å². The van der Waals surface area contributed by atoms with Gasteiger partial charge in [-0.15, -0.1) is 11.1 Å². The van der Waals surface area contributed by atoms with E-state index in [4.69, 9.17) is 0 Å². The van der Waals surface area contributed by atoms with Crippen molar-refractivity contribution in [3.63, 3.8) is 0 Å². The molecule has 4 radical (unpaired) electrons. The summed E-state index contributed by atoms with van der Waals surface area (Å²) in [5.74, 6) is 0.798. The Labute approximate surface area is 464 Å². The van der Waals surface area contributed by atoms with Gasteiger partial charge in [-0.2, -0.15) is 60.7 Å². The van der Waals surface area contributed by atoms with Crippen LogP contribution in [0.2, 0.25) is 0 Å². The summed E-state index contributed by atoms with van der Waals surface area (Å²) in [6, 6.07) is 65.1. The van der Waals surface area contributed by atoms with Gasteiger partial charge in [0, 0.05) is 149 Å². The van der Waals surface area contributed by atoms with E-state index in [1.807, 2.05) is 36.7 Å². The summed E-state index contributed by atoms with van der Waals surface area (Å²) in [5, 5.41) is 0. The van der Waals surface area contributed by atoms with Crippen molar-refractivity contribution < 1.29 is 140 Å². The Hall–Kier alpha value is -2.10. The van der Waals surface area contributed by atoms with E-state index in [1.54, 1.807) is 0 Å². The Kier molecular flexibility index (Phi) is 32.3. The largest absolute Gasteiger partial charge is 0.255 e. The van der Waals surface area contributed by atoms with Gasteiger partial charge in [0.15, 0.2) is 5.82 Å². The smallest absolute Gasteiger partial charge is 0.159 e. The predicted octanol–water partition coefficient (Wildman–Crippen LogP) is 14.4. The molecule has 0 saturated heterocycles. The summed E-state index contributed by atoms with van der Waals surface area (Å²) in [7, 11) is 1.00. The first-order chi connectivity index (χ1) is 27.9. The van der Waals surface area contributed by atoms with E-state index in [1.165, 1.54) is 66.8 Å². The maximum atomic E-state index is 9.50. The van der Waals surface area contributed by atoms with Crippen molar-refractivity contribution in [2.75, 3.05) is 14.4 Å². The third kappa shape index (κ3) is 19.7. The molecule has 0 spiro atoms. The van der Waals surface area contributed by atoms with Crippen LogP contribution in [0, 0.1) is 32.9 Å². The van der Waals surface area contributed by atoms with Crippen molar-refractivity contribution in [2.45, 2.75) is 34.1 Å². The van der Waals surface area contributed by atoms with Crippen molar-refractivity contribution in [3.8, 4) is 55.9 Å². The molecular weight excluding hydrogens is 1060 g/mol. The first kappa shape index (κ1) is 58.9. The van der Waals surface area contributed by atoms with Gasteiger partial charge in [0.25, 0.3) is 0 Å². The average molecular weight is 1110 g/mol. The van der Waals surface area contributed by atoms with Gasteiger partial charge in [0.1, 0.15) is 0 Å². The minimum atomic E-state index is 0. The van der Waals surface area contributed by atoms with Crippen molar-refractivity contribution in [3.05, 3.63) is 217 Å². The van der Waals surface area contributed by atoms with Crippen LogP contribution in [0.4, 0.5) is 8.78 Å². The average Bonchev–Trinajstić information content (AvgIpc) is 3.30. The number of halogens is 2. The monoisotopic (exact) mass is 1110 g/mol. The molecule has 8 aromatic rings. The molecule has 2 nitrogen and oxygen atoms in total. The van der Waals surface area contributed by atoms with Crippen LogP contribution in [0.3, 0.4) is 0 Å².